The van der Waals surface area contributed by atoms with Gasteiger partial charge in [0.15, 0.2) is 5.78 Å². The first-order valence-corrected chi connectivity index (χ1v) is 9.20. The summed E-state index contributed by atoms with van der Waals surface area (Å²) in [7, 11) is 0. The topological polar surface area (TPSA) is 66.7 Å². The van der Waals surface area contributed by atoms with Gasteiger partial charge in [0.1, 0.15) is 0 Å². The number of ketones is 1. The second-order valence-electron chi connectivity index (χ2n) is 6.30. The maximum Gasteiger partial charge on any atom is 0.324 e. The predicted octanol–water partition coefficient (Wildman–Crippen LogP) is 3.43. The molecule has 1 saturated heterocycles. The Morgan fingerprint density at radius 1 is 1.04 bits per heavy atom. The van der Waals surface area contributed by atoms with E-state index in [1.165, 1.54) is 11.6 Å². The molecule has 9 heteroatoms. The van der Waals surface area contributed by atoms with E-state index in [1.54, 1.807) is 5.38 Å². The first-order valence-electron chi connectivity index (χ1n) is 8.32. The van der Waals surface area contributed by atoms with Gasteiger partial charge in [0.25, 0.3) is 0 Å². The van der Waals surface area contributed by atoms with Crippen LogP contribution in [0, 0.1) is 10.1 Å². The molecule has 148 valence electrons. The summed E-state index contributed by atoms with van der Waals surface area (Å²) >= 11 is 1.08. The van der Waals surface area contributed by atoms with E-state index in [9.17, 15) is 14.9 Å². The zero-order chi connectivity index (χ0) is 17.6. The molecule has 3 rings (SSSR count). The lowest BCUT2D eigenvalue weighted by molar-refractivity contribution is -0.380. The lowest BCUT2D eigenvalue weighted by atomic mass is 10.1. The van der Waals surface area contributed by atoms with Crippen LogP contribution in [-0.4, -0.2) is 53.2 Å². The summed E-state index contributed by atoms with van der Waals surface area (Å²) in [6.45, 7) is 5.02. The minimum atomic E-state index is -0.412. The van der Waals surface area contributed by atoms with E-state index < -0.39 is 4.92 Å². The molecule has 0 aliphatic carbocycles. The Hall–Kier alpha value is -1.51. The zero-order valence-corrected chi connectivity index (χ0v) is 17.2. The summed E-state index contributed by atoms with van der Waals surface area (Å²) < 4.78 is 0. The van der Waals surface area contributed by atoms with Crippen molar-refractivity contribution >= 4 is 46.9 Å². The molecule has 0 unspecified atom stereocenters. The van der Waals surface area contributed by atoms with Crippen LogP contribution in [0.15, 0.2) is 41.8 Å². The SMILES string of the molecule is Cl.Cl.O=C(Cc1csc([N+](=O)[O-])c1)CN1CCN(Cc2ccccc2)CC1. The van der Waals surface area contributed by atoms with Gasteiger partial charge in [-0.05, 0) is 11.1 Å². The number of thiophene rings is 1. The van der Waals surface area contributed by atoms with Crippen molar-refractivity contribution in [2.45, 2.75) is 13.0 Å². The average Bonchev–Trinajstić information content (AvgIpc) is 3.06. The molecule has 0 spiro atoms. The van der Waals surface area contributed by atoms with E-state index >= 15 is 0 Å². The maximum absolute atomic E-state index is 12.2. The Morgan fingerprint density at radius 3 is 2.26 bits per heavy atom. The number of nitrogens with zero attached hydrogens (tertiary/aromatic N) is 3. The van der Waals surface area contributed by atoms with Gasteiger partial charge in [0.05, 0.1) is 11.5 Å². The standard InChI is InChI=1S/C18H21N3O3S.2ClH/c22-17(10-16-11-18(21(23)24)25-14-16)13-20-8-6-19(7-9-20)12-15-4-2-1-3-5-15;;/h1-5,11,14H,6-10,12-13H2;2*1H. The lowest BCUT2D eigenvalue weighted by Crippen LogP contribution is -2.47. The van der Waals surface area contributed by atoms with Gasteiger partial charge in [-0.3, -0.25) is 24.7 Å². The minimum absolute atomic E-state index is 0. The fraction of sp³-hybridized carbons (Fsp3) is 0.389. The number of benzene rings is 1. The number of hydrogen-bond acceptors (Lipinski definition) is 6. The van der Waals surface area contributed by atoms with Gasteiger partial charge < -0.3 is 0 Å². The van der Waals surface area contributed by atoms with E-state index in [2.05, 4.69) is 34.1 Å². The third-order valence-electron chi connectivity index (χ3n) is 4.34. The van der Waals surface area contributed by atoms with Crippen LogP contribution in [0.25, 0.3) is 0 Å². The van der Waals surface area contributed by atoms with E-state index in [0.717, 1.165) is 49.6 Å². The van der Waals surface area contributed by atoms with Crippen molar-refractivity contribution in [3.05, 3.63) is 63.0 Å². The summed E-state index contributed by atoms with van der Waals surface area (Å²) in [6, 6.07) is 11.9. The molecule has 0 atom stereocenters. The molecule has 0 N–H and O–H groups in total. The maximum atomic E-state index is 12.2. The molecule has 6 nitrogen and oxygen atoms in total. The molecule has 27 heavy (non-hydrogen) atoms. The summed E-state index contributed by atoms with van der Waals surface area (Å²) in [6.07, 6.45) is 0.272. The van der Waals surface area contributed by atoms with Gasteiger partial charge >= 0.3 is 5.00 Å². The third-order valence-corrected chi connectivity index (χ3v) is 5.26. The number of halogens is 2. The average molecular weight is 432 g/mol. The monoisotopic (exact) mass is 431 g/mol. The van der Waals surface area contributed by atoms with Crippen LogP contribution >= 0.6 is 36.2 Å². The fourth-order valence-corrected chi connectivity index (χ4v) is 3.76. The van der Waals surface area contributed by atoms with Crippen molar-refractivity contribution < 1.29 is 9.72 Å². The van der Waals surface area contributed by atoms with Crippen molar-refractivity contribution in [3.63, 3.8) is 0 Å². The van der Waals surface area contributed by atoms with Crippen LogP contribution in [0.5, 0.6) is 0 Å². The van der Waals surface area contributed by atoms with Gasteiger partial charge in [0.2, 0.25) is 0 Å². The molecule has 2 aromatic rings. The Kier molecular flexibility index (Phi) is 9.90. The lowest BCUT2D eigenvalue weighted by Gasteiger charge is -2.34. The number of carbonyl (C=O) groups excluding carboxylic acids is 1. The molecule has 2 heterocycles. The van der Waals surface area contributed by atoms with Gasteiger partial charge in [-0.2, -0.15) is 0 Å². The molecule has 0 amide bonds. The summed E-state index contributed by atoms with van der Waals surface area (Å²) in [5.41, 5.74) is 2.05. The van der Waals surface area contributed by atoms with Gasteiger partial charge in [-0.15, -0.1) is 24.8 Å². The molecule has 1 aliphatic rings. The molecule has 1 aromatic heterocycles. The summed E-state index contributed by atoms with van der Waals surface area (Å²) in [4.78, 5) is 27.1. The zero-order valence-electron chi connectivity index (χ0n) is 14.8. The van der Waals surface area contributed by atoms with Gasteiger partial charge in [-0.25, -0.2) is 0 Å². The fourth-order valence-electron chi connectivity index (χ4n) is 3.03. The second-order valence-corrected chi connectivity index (χ2v) is 7.19. The third kappa shape index (κ3) is 7.20. The molecule has 1 aliphatic heterocycles. The van der Waals surface area contributed by atoms with Crippen molar-refractivity contribution in [1.29, 1.82) is 0 Å². The van der Waals surface area contributed by atoms with Crippen molar-refractivity contribution in [2.75, 3.05) is 32.7 Å². The number of piperazine rings is 1. The molecule has 1 fully saturated rings. The molecule has 0 radical (unpaired) electrons. The normalized spacial score (nSPS) is 14.8. The van der Waals surface area contributed by atoms with E-state index in [0.29, 0.717) is 6.54 Å². The highest BCUT2D eigenvalue weighted by Crippen LogP contribution is 2.23. The van der Waals surface area contributed by atoms with Crippen LogP contribution < -0.4 is 0 Å². The summed E-state index contributed by atoms with van der Waals surface area (Å²) in [5, 5.41) is 12.5. The number of Topliss-reactive ketones (excluding diaryl/α,β-unsaturated/α-hetero) is 1. The van der Waals surface area contributed by atoms with Crippen molar-refractivity contribution in [1.82, 2.24) is 9.80 Å². The van der Waals surface area contributed by atoms with Gasteiger partial charge in [0, 0.05) is 50.6 Å². The molecular weight excluding hydrogens is 409 g/mol. The van der Waals surface area contributed by atoms with Crippen LogP contribution in [-0.2, 0) is 17.8 Å². The van der Waals surface area contributed by atoms with Crippen LogP contribution in [0.3, 0.4) is 0 Å². The Labute approximate surface area is 175 Å². The second kappa shape index (κ2) is 11.4. The first-order chi connectivity index (χ1) is 12.1. The molecule has 0 bridgehead atoms. The minimum Gasteiger partial charge on any atom is -0.298 e. The number of carbonyl (C=O) groups is 1. The Morgan fingerprint density at radius 2 is 1.67 bits per heavy atom. The van der Waals surface area contributed by atoms with E-state index in [-0.39, 0.29) is 42.0 Å². The number of hydrogen-bond donors (Lipinski definition) is 0. The number of rotatable bonds is 7. The molecule has 0 saturated carbocycles. The highest BCUT2D eigenvalue weighted by atomic mass is 35.5. The Balaban J connectivity index is 0.00000182. The Bertz CT molecular complexity index is 734. The largest absolute Gasteiger partial charge is 0.324 e. The van der Waals surface area contributed by atoms with Crippen LogP contribution in [0.2, 0.25) is 0 Å². The molecule has 1 aromatic carbocycles. The first kappa shape index (κ1) is 23.5. The number of nitro groups is 1. The molecular formula is C18H23Cl2N3O3S. The van der Waals surface area contributed by atoms with Crippen LogP contribution in [0.1, 0.15) is 11.1 Å². The smallest absolute Gasteiger partial charge is 0.298 e. The highest BCUT2D eigenvalue weighted by molar-refractivity contribution is 7.13. The van der Waals surface area contributed by atoms with Crippen molar-refractivity contribution in [2.24, 2.45) is 0 Å². The van der Waals surface area contributed by atoms with Crippen molar-refractivity contribution in [3.8, 4) is 0 Å². The van der Waals surface area contributed by atoms with Crippen LogP contribution in [0.4, 0.5) is 5.00 Å². The van der Waals surface area contributed by atoms with Gasteiger partial charge in [-0.1, -0.05) is 41.7 Å². The van der Waals surface area contributed by atoms with E-state index in [1.807, 2.05) is 6.07 Å². The quantitative estimate of drug-likeness (QED) is 0.496. The highest BCUT2D eigenvalue weighted by Gasteiger charge is 2.20. The predicted molar refractivity (Wildman–Crippen MR) is 112 cm³/mol. The van der Waals surface area contributed by atoms with E-state index in [4.69, 9.17) is 0 Å². The summed E-state index contributed by atoms with van der Waals surface area (Å²) in [5.74, 6) is 0.115.